The molecule has 1 aromatic heterocycles. The molecule has 2 saturated carbocycles. The van der Waals surface area contributed by atoms with E-state index in [9.17, 15) is 4.39 Å². The molecule has 110 valence electrons. The van der Waals surface area contributed by atoms with E-state index in [-0.39, 0.29) is 5.82 Å². The molecule has 4 heteroatoms. The van der Waals surface area contributed by atoms with Crippen molar-refractivity contribution in [2.24, 2.45) is 11.8 Å². The topological polar surface area (TPSA) is 29.9 Å². The van der Waals surface area contributed by atoms with Crippen molar-refractivity contribution in [1.82, 2.24) is 14.9 Å². The molecule has 1 N–H and O–H groups in total. The Morgan fingerprint density at radius 1 is 1.19 bits per heavy atom. The highest BCUT2D eigenvalue weighted by Crippen LogP contribution is 2.47. The van der Waals surface area contributed by atoms with Crippen molar-refractivity contribution in [1.29, 1.82) is 0 Å². The van der Waals surface area contributed by atoms with Gasteiger partial charge in [-0.2, -0.15) is 0 Å². The van der Waals surface area contributed by atoms with Crippen LogP contribution in [0.3, 0.4) is 0 Å². The number of rotatable bonds is 2. The number of hydrogen-bond donors (Lipinski definition) is 1. The summed E-state index contributed by atoms with van der Waals surface area (Å²) >= 11 is 0. The lowest BCUT2D eigenvalue weighted by atomic mass is 9.93. The van der Waals surface area contributed by atoms with E-state index in [0.717, 1.165) is 35.2 Å². The Morgan fingerprint density at radius 3 is 2.95 bits per heavy atom. The number of hydrogen-bond acceptors (Lipinski definition) is 2. The zero-order valence-corrected chi connectivity index (χ0v) is 12.1. The Hall–Kier alpha value is -1.42. The predicted octanol–water partition coefficient (Wildman–Crippen LogP) is 3.57. The van der Waals surface area contributed by atoms with Crippen molar-refractivity contribution in [3.63, 3.8) is 0 Å². The van der Waals surface area contributed by atoms with Gasteiger partial charge < -0.3 is 9.88 Å². The van der Waals surface area contributed by atoms with E-state index in [1.54, 1.807) is 6.07 Å². The Bertz CT molecular complexity index is 703. The van der Waals surface area contributed by atoms with Crippen LogP contribution in [0.2, 0.25) is 0 Å². The Morgan fingerprint density at radius 2 is 2.10 bits per heavy atom. The van der Waals surface area contributed by atoms with Crippen molar-refractivity contribution in [3.8, 4) is 0 Å². The number of aromatic nitrogens is 2. The largest absolute Gasteiger partial charge is 0.323 e. The van der Waals surface area contributed by atoms with Crippen LogP contribution >= 0.6 is 0 Å². The third-order valence-electron chi connectivity index (χ3n) is 5.61. The molecular formula is C17H20FN3. The Labute approximate surface area is 123 Å². The molecule has 2 heterocycles. The van der Waals surface area contributed by atoms with Crippen molar-refractivity contribution < 1.29 is 4.39 Å². The van der Waals surface area contributed by atoms with Gasteiger partial charge in [0.05, 0.1) is 17.1 Å². The molecule has 0 bridgehead atoms. The fourth-order valence-corrected chi connectivity index (χ4v) is 4.49. The fourth-order valence-electron chi connectivity index (χ4n) is 4.49. The van der Waals surface area contributed by atoms with Crippen LogP contribution in [0.4, 0.5) is 4.39 Å². The highest BCUT2D eigenvalue weighted by Gasteiger charge is 2.43. The van der Waals surface area contributed by atoms with Crippen LogP contribution in [-0.4, -0.2) is 16.1 Å². The molecule has 3 atom stereocenters. The van der Waals surface area contributed by atoms with Crippen molar-refractivity contribution in [3.05, 3.63) is 29.8 Å². The number of nitrogens with one attached hydrogen (secondary N) is 1. The van der Waals surface area contributed by atoms with Crippen molar-refractivity contribution >= 4 is 11.0 Å². The second-order valence-electron chi connectivity index (χ2n) is 6.94. The number of halogens is 1. The number of benzene rings is 1. The zero-order chi connectivity index (χ0) is 14.0. The van der Waals surface area contributed by atoms with E-state index < -0.39 is 0 Å². The van der Waals surface area contributed by atoms with Gasteiger partial charge in [0, 0.05) is 6.04 Å². The summed E-state index contributed by atoms with van der Waals surface area (Å²) in [6.45, 7) is 1.12. The van der Waals surface area contributed by atoms with E-state index in [1.165, 1.54) is 38.2 Å². The minimum absolute atomic E-state index is 0.158. The number of imidazole rings is 1. The van der Waals surface area contributed by atoms with Gasteiger partial charge in [0.1, 0.15) is 11.6 Å². The molecule has 2 aromatic rings. The molecule has 3 nitrogen and oxygen atoms in total. The summed E-state index contributed by atoms with van der Waals surface area (Å²) < 4.78 is 16.0. The lowest BCUT2D eigenvalue weighted by Crippen LogP contribution is -2.22. The molecule has 21 heavy (non-hydrogen) atoms. The van der Waals surface area contributed by atoms with Gasteiger partial charge in [-0.1, -0.05) is 6.42 Å². The van der Waals surface area contributed by atoms with Crippen LogP contribution in [0, 0.1) is 17.7 Å². The van der Waals surface area contributed by atoms with Crippen LogP contribution in [0.5, 0.6) is 0 Å². The van der Waals surface area contributed by atoms with Gasteiger partial charge in [-0.15, -0.1) is 0 Å². The molecule has 1 aliphatic heterocycles. The molecule has 0 amide bonds. The molecule has 0 spiro atoms. The van der Waals surface area contributed by atoms with Crippen LogP contribution in [0.1, 0.15) is 50.0 Å². The molecule has 2 aliphatic carbocycles. The number of nitrogens with zero attached hydrogens (tertiary/aromatic N) is 2. The molecule has 1 aromatic carbocycles. The Balaban J connectivity index is 1.67. The fraction of sp³-hybridized carbons (Fsp3) is 0.588. The van der Waals surface area contributed by atoms with Crippen molar-refractivity contribution in [2.45, 2.75) is 44.2 Å². The summed E-state index contributed by atoms with van der Waals surface area (Å²) in [7, 11) is 0. The quantitative estimate of drug-likeness (QED) is 0.914. The third-order valence-corrected chi connectivity index (χ3v) is 5.61. The molecule has 3 aliphatic rings. The zero-order valence-electron chi connectivity index (χ0n) is 12.1. The number of fused-ring (bicyclic) bond motifs is 2. The normalized spacial score (nSPS) is 32.0. The molecule has 1 saturated heterocycles. The summed E-state index contributed by atoms with van der Waals surface area (Å²) in [6.07, 6.45) is 6.42. The van der Waals surface area contributed by atoms with E-state index in [4.69, 9.17) is 4.98 Å². The summed E-state index contributed by atoms with van der Waals surface area (Å²) in [6, 6.07) is 5.92. The molecular weight excluding hydrogens is 265 g/mol. The SMILES string of the molecule is Fc1ccc2nc(C3NCC4CCCC43)n(C3CC3)c2c1. The molecule has 5 rings (SSSR count). The van der Waals surface area contributed by atoms with Gasteiger partial charge in [-0.3, -0.25) is 0 Å². The van der Waals surface area contributed by atoms with E-state index in [2.05, 4.69) is 9.88 Å². The first-order valence-electron chi connectivity index (χ1n) is 8.22. The van der Waals surface area contributed by atoms with Gasteiger partial charge in [-0.25, -0.2) is 9.37 Å². The monoisotopic (exact) mass is 285 g/mol. The summed E-state index contributed by atoms with van der Waals surface area (Å²) in [5.74, 6) is 2.55. The van der Waals surface area contributed by atoms with Gasteiger partial charge >= 0.3 is 0 Å². The molecule has 0 radical (unpaired) electrons. The van der Waals surface area contributed by atoms with Crippen LogP contribution in [0.15, 0.2) is 18.2 Å². The van der Waals surface area contributed by atoms with Gasteiger partial charge in [0.25, 0.3) is 0 Å². The summed E-state index contributed by atoms with van der Waals surface area (Å²) in [5.41, 5.74) is 1.93. The third kappa shape index (κ3) is 1.78. The lowest BCUT2D eigenvalue weighted by molar-refractivity contribution is 0.398. The first kappa shape index (κ1) is 12.2. The summed E-state index contributed by atoms with van der Waals surface area (Å²) in [5, 5.41) is 3.70. The first-order chi connectivity index (χ1) is 10.3. The second-order valence-corrected chi connectivity index (χ2v) is 6.94. The van der Waals surface area contributed by atoms with E-state index >= 15 is 0 Å². The van der Waals surface area contributed by atoms with E-state index in [1.807, 2.05) is 6.07 Å². The average molecular weight is 285 g/mol. The maximum Gasteiger partial charge on any atom is 0.127 e. The van der Waals surface area contributed by atoms with E-state index in [0.29, 0.717) is 12.1 Å². The second kappa shape index (κ2) is 4.29. The minimum atomic E-state index is -0.158. The highest BCUT2D eigenvalue weighted by atomic mass is 19.1. The maximum atomic E-state index is 13.6. The van der Waals surface area contributed by atoms with Crippen molar-refractivity contribution in [2.75, 3.05) is 6.54 Å². The Kier molecular flexibility index (Phi) is 2.48. The summed E-state index contributed by atoms with van der Waals surface area (Å²) in [4.78, 5) is 4.89. The smallest absolute Gasteiger partial charge is 0.127 e. The molecule has 3 fully saturated rings. The van der Waals surface area contributed by atoms with Gasteiger partial charge in [-0.05, 0) is 62.3 Å². The molecule has 3 unspecified atom stereocenters. The van der Waals surface area contributed by atoms with Crippen LogP contribution in [-0.2, 0) is 0 Å². The van der Waals surface area contributed by atoms with Crippen LogP contribution in [0.25, 0.3) is 11.0 Å². The van der Waals surface area contributed by atoms with Gasteiger partial charge in [0.15, 0.2) is 0 Å². The average Bonchev–Trinajstić information content (AvgIpc) is 2.93. The minimum Gasteiger partial charge on any atom is -0.323 e. The van der Waals surface area contributed by atoms with Gasteiger partial charge in [0.2, 0.25) is 0 Å². The standard InChI is InChI=1S/C17H20FN3/c18-11-4-7-14-15(8-11)21(12-5-6-12)17(20-14)16-13-3-1-2-10(13)9-19-16/h4,7-8,10,12-13,16,19H,1-3,5-6,9H2. The maximum absolute atomic E-state index is 13.6. The first-order valence-corrected chi connectivity index (χ1v) is 8.22. The van der Waals surface area contributed by atoms with Crippen LogP contribution < -0.4 is 5.32 Å². The lowest BCUT2D eigenvalue weighted by Gasteiger charge is -2.19. The highest BCUT2D eigenvalue weighted by molar-refractivity contribution is 5.76. The predicted molar refractivity (Wildman–Crippen MR) is 79.5 cm³/mol.